The van der Waals surface area contributed by atoms with Gasteiger partial charge in [0, 0.05) is 0 Å². The summed E-state index contributed by atoms with van der Waals surface area (Å²) >= 11 is 3.53. The van der Waals surface area contributed by atoms with Crippen LogP contribution in [0.2, 0.25) is 0 Å². The van der Waals surface area contributed by atoms with Gasteiger partial charge in [0.2, 0.25) is 0 Å². The Bertz CT molecular complexity index is 14.4. The number of rotatable bonds is 0. The molecule has 48 valence electrons. The van der Waals surface area contributed by atoms with Gasteiger partial charge in [-0.25, -0.2) is 0 Å². The Balaban J connectivity index is -0.0000000480. The first-order valence-corrected chi connectivity index (χ1v) is 2.68. The Morgan fingerprint density at radius 2 is 1.00 bits per heavy atom. The van der Waals surface area contributed by atoms with E-state index >= 15 is 0 Å². The van der Waals surface area contributed by atoms with Crippen LogP contribution in [0.25, 0.3) is 0 Å². The van der Waals surface area contributed by atoms with Gasteiger partial charge in [-0.05, 0) is 27.4 Å². The number of hydrogen-bond donors (Lipinski definition) is 1. The molecule has 0 spiro atoms. The maximum absolute atomic E-state index is 3.53. The molecule has 0 aliphatic heterocycles. The highest BCUT2D eigenvalue weighted by molar-refractivity contribution is 7.79. The molecular weight excluding hydrogens is 126 g/mol. The minimum atomic E-state index is 0. The highest BCUT2D eigenvalue weighted by Gasteiger charge is 1.58. The van der Waals surface area contributed by atoms with Crippen molar-refractivity contribution in [2.24, 2.45) is 0 Å². The first-order chi connectivity index (χ1) is 2.73. The van der Waals surface area contributed by atoms with Crippen LogP contribution in [0.3, 0.4) is 0 Å². The fraction of sp³-hybridized carbons (Fsp3) is 1.00. The van der Waals surface area contributed by atoms with Crippen LogP contribution >= 0.6 is 26.1 Å². The molecule has 7 heavy (non-hydrogen) atoms. The molecule has 0 aliphatic rings. The fourth-order valence-corrected chi connectivity index (χ4v) is 0. The van der Waals surface area contributed by atoms with Crippen molar-refractivity contribution in [3.05, 3.63) is 0 Å². The summed E-state index contributed by atoms with van der Waals surface area (Å²) in [6.07, 6.45) is 1.69. The molecule has 0 heterocycles. The van der Waals surface area contributed by atoms with Gasteiger partial charge in [0.05, 0.1) is 0 Å². The normalized spacial score (nSPS) is 6.00. The topological polar surface area (TPSA) is 3.24 Å². The second kappa shape index (κ2) is 15.9. The van der Waals surface area contributed by atoms with Crippen molar-refractivity contribution in [1.82, 2.24) is 4.90 Å². The quantitative estimate of drug-likeness (QED) is 0.489. The standard InChI is InChI=1S/C3H9N.CH4S.H2S/c1-4(2)3;1-2;/h1-3H3;2H,1H3;1H2. The summed E-state index contributed by atoms with van der Waals surface area (Å²) in [5.74, 6) is 0. The van der Waals surface area contributed by atoms with Crippen molar-refractivity contribution < 1.29 is 0 Å². The lowest BCUT2D eigenvalue weighted by Gasteiger charge is -1.90. The fourth-order valence-electron chi connectivity index (χ4n) is 0. The molecule has 0 saturated carbocycles. The van der Waals surface area contributed by atoms with Crippen LogP contribution in [0.4, 0.5) is 0 Å². The second-order valence-corrected chi connectivity index (χ2v) is 1.34. The van der Waals surface area contributed by atoms with Crippen molar-refractivity contribution >= 4 is 26.1 Å². The maximum Gasteiger partial charge on any atom is -0.0140 e. The van der Waals surface area contributed by atoms with E-state index in [0.717, 1.165) is 0 Å². The molecule has 0 saturated heterocycles. The number of thiol groups is 1. The third kappa shape index (κ3) is 332. The average Bonchev–Trinajstić information content (AvgIpc) is 1.41. The Hall–Kier alpha value is 0.660. The Morgan fingerprint density at radius 3 is 1.00 bits per heavy atom. The van der Waals surface area contributed by atoms with E-state index in [1.165, 1.54) is 0 Å². The minimum Gasteiger partial charge on any atom is -0.312 e. The van der Waals surface area contributed by atoms with Gasteiger partial charge in [-0.2, -0.15) is 26.1 Å². The van der Waals surface area contributed by atoms with E-state index in [-0.39, 0.29) is 13.5 Å². The lowest BCUT2D eigenvalue weighted by atomic mass is 11.0. The van der Waals surface area contributed by atoms with E-state index in [0.29, 0.717) is 0 Å². The van der Waals surface area contributed by atoms with Gasteiger partial charge in [-0.3, -0.25) is 0 Å². The van der Waals surface area contributed by atoms with E-state index < -0.39 is 0 Å². The molecule has 0 bridgehead atoms. The lowest BCUT2D eigenvalue weighted by Crippen LogP contribution is -1.99. The molecule has 0 aromatic carbocycles. The lowest BCUT2D eigenvalue weighted by molar-refractivity contribution is 0.505. The van der Waals surface area contributed by atoms with E-state index in [1.807, 2.05) is 26.0 Å². The van der Waals surface area contributed by atoms with Gasteiger partial charge in [0.1, 0.15) is 0 Å². The monoisotopic (exact) mass is 141 g/mol. The maximum atomic E-state index is 3.53. The van der Waals surface area contributed by atoms with Gasteiger partial charge in [0.25, 0.3) is 0 Å². The molecule has 0 unspecified atom stereocenters. The van der Waals surface area contributed by atoms with E-state index in [2.05, 4.69) is 12.6 Å². The summed E-state index contributed by atoms with van der Waals surface area (Å²) in [6.45, 7) is 0. The molecule has 0 fully saturated rings. The molecule has 0 amide bonds. The highest BCUT2D eigenvalue weighted by Crippen LogP contribution is 1.47. The van der Waals surface area contributed by atoms with Gasteiger partial charge in [-0.15, -0.1) is 0 Å². The molecule has 0 aromatic heterocycles. The minimum absolute atomic E-state index is 0. The summed E-state index contributed by atoms with van der Waals surface area (Å²) in [7, 11) is 6.00. The molecular formula is C4H15NS2. The van der Waals surface area contributed by atoms with Gasteiger partial charge in [-0.1, -0.05) is 0 Å². The van der Waals surface area contributed by atoms with Crippen molar-refractivity contribution in [2.45, 2.75) is 0 Å². The van der Waals surface area contributed by atoms with Crippen LogP contribution in [0.5, 0.6) is 0 Å². The summed E-state index contributed by atoms with van der Waals surface area (Å²) in [5.41, 5.74) is 0. The molecule has 1 nitrogen and oxygen atoms in total. The van der Waals surface area contributed by atoms with Crippen LogP contribution < -0.4 is 0 Å². The number of hydrogen-bond acceptors (Lipinski definition) is 2. The highest BCUT2D eigenvalue weighted by atomic mass is 32.1. The summed E-state index contributed by atoms with van der Waals surface area (Å²) in [5, 5.41) is 0. The summed E-state index contributed by atoms with van der Waals surface area (Å²) < 4.78 is 0. The molecule has 0 N–H and O–H groups in total. The zero-order valence-electron chi connectivity index (χ0n) is 5.39. The third-order valence-corrected chi connectivity index (χ3v) is 0. The second-order valence-electron chi connectivity index (χ2n) is 1.34. The molecule has 0 atom stereocenters. The van der Waals surface area contributed by atoms with Gasteiger partial charge >= 0.3 is 0 Å². The van der Waals surface area contributed by atoms with Crippen molar-refractivity contribution in [3.63, 3.8) is 0 Å². The first-order valence-electron chi connectivity index (χ1n) is 1.79. The predicted octanol–water partition coefficient (Wildman–Crippen LogP) is 0.837. The molecule has 0 aromatic rings. The molecule has 0 radical (unpaired) electrons. The van der Waals surface area contributed by atoms with E-state index in [4.69, 9.17) is 0 Å². The van der Waals surface area contributed by atoms with Crippen molar-refractivity contribution in [1.29, 1.82) is 0 Å². The molecule has 3 heteroatoms. The molecule has 0 aliphatic carbocycles. The zero-order valence-corrected chi connectivity index (χ0v) is 7.29. The van der Waals surface area contributed by atoms with Crippen LogP contribution in [0, 0.1) is 0 Å². The smallest absolute Gasteiger partial charge is 0.0140 e. The Kier molecular flexibility index (Phi) is 35.6. The van der Waals surface area contributed by atoms with E-state index in [1.54, 1.807) is 6.26 Å². The van der Waals surface area contributed by atoms with Gasteiger partial charge < -0.3 is 4.90 Å². The van der Waals surface area contributed by atoms with Crippen LogP contribution in [-0.2, 0) is 0 Å². The van der Waals surface area contributed by atoms with Crippen LogP contribution in [-0.4, -0.2) is 32.3 Å². The summed E-state index contributed by atoms with van der Waals surface area (Å²) in [4.78, 5) is 2.00. The van der Waals surface area contributed by atoms with Gasteiger partial charge in [0.15, 0.2) is 0 Å². The average molecular weight is 141 g/mol. The van der Waals surface area contributed by atoms with Crippen LogP contribution in [0.1, 0.15) is 0 Å². The van der Waals surface area contributed by atoms with E-state index in [9.17, 15) is 0 Å². The Labute approximate surface area is 58.9 Å². The largest absolute Gasteiger partial charge is 0.312 e. The summed E-state index contributed by atoms with van der Waals surface area (Å²) in [6, 6.07) is 0. The zero-order chi connectivity index (χ0) is 5.58. The number of nitrogens with zero attached hydrogens (tertiary/aromatic N) is 1. The van der Waals surface area contributed by atoms with Crippen LogP contribution in [0.15, 0.2) is 0 Å². The van der Waals surface area contributed by atoms with Crippen molar-refractivity contribution in [2.75, 3.05) is 27.4 Å². The molecule has 0 rings (SSSR count). The third-order valence-electron chi connectivity index (χ3n) is 0. The SMILES string of the molecule is CN(C)C.CS.S. The van der Waals surface area contributed by atoms with Crippen molar-refractivity contribution in [3.8, 4) is 0 Å². The first kappa shape index (κ1) is 15.6. The Morgan fingerprint density at radius 1 is 1.00 bits per heavy atom. The predicted molar refractivity (Wildman–Crippen MR) is 44.9 cm³/mol.